The second-order valence-electron chi connectivity index (χ2n) is 3.99. The summed E-state index contributed by atoms with van der Waals surface area (Å²) in [5.41, 5.74) is 7.35. The summed E-state index contributed by atoms with van der Waals surface area (Å²) in [6.07, 6.45) is 2.81. The third-order valence-electron chi connectivity index (χ3n) is 2.65. The maximum atomic E-state index is 9.47. The van der Waals surface area contributed by atoms with E-state index in [0.29, 0.717) is 22.8 Å². The molecule has 0 saturated carbocycles. The summed E-state index contributed by atoms with van der Waals surface area (Å²) in [5.74, 6) is 0.717. The van der Waals surface area contributed by atoms with Crippen molar-refractivity contribution in [2.24, 2.45) is 0 Å². The minimum Gasteiger partial charge on any atom is -0.506 e. The zero-order valence-corrected chi connectivity index (χ0v) is 10.8. The average Bonchev–Trinajstić information content (AvgIpc) is 2.96. The van der Waals surface area contributed by atoms with Gasteiger partial charge in [-0.1, -0.05) is 11.6 Å². The fourth-order valence-electron chi connectivity index (χ4n) is 1.75. The molecule has 20 heavy (non-hydrogen) atoms. The highest BCUT2D eigenvalue weighted by Crippen LogP contribution is 2.32. The molecule has 0 fully saturated rings. The van der Waals surface area contributed by atoms with Gasteiger partial charge in [0.25, 0.3) is 0 Å². The molecule has 0 amide bonds. The lowest BCUT2D eigenvalue weighted by atomic mass is 10.1. The van der Waals surface area contributed by atoms with Crippen LogP contribution in [0, 0.1) is 0 Å². The highest BCUT2D eigenvalue weighted by Gasteiger charge is 2.14. The van der Waals surface area contributed by atoms with Gasteiger partial charge in [0.1, 0.15) is 23.6 Å². The monoisotopic (exact) mass is 288 g/mol. The Morgan fingerprint density at radius 2 is 2.05 bits per heavy atom. The zero-order chi connectivity index (χ0) is 14.1. The van der Waals surface area contributed by atoms with Crippen molar-refractivity contribution in [3.05, 3.63) is 35.7 Å². The van der Waals surface area contributed by atoms with Gasteiger partial charge in [0.2, 0.25) is 0 Å². The Kier molecular flexibility index (Phi) is 2.96. The van der Waals surface area contributed by atoms with Crippen molar-refractivity contribution in [2.45, 2.75) is 0 Å². The molecule has 3 rings (SSSR count). The minimum atomic E-state index is 0.0000335. The molecule has 4 N–H and O–H groups in total. The fraction of sp³-hybridized carbons (Fsp3) is 0. The quantitative estimate of drug-likeness (QED) is 0.663. The number of nitrogens with two attached hydrogens (primary N) is 1. The van der Waals surface area contributed by atoms with Crippen LogP contribution in [0.25, 0.3) is 22.8 Å². The first-order valence-electron chi connectivity index (χ1n) is 5.62. The smallest absolute Gasteiger partial charge is 0.176 e. The summed E-state index contributed by atoms with van der Waals surface area (Å²) < 4.78 is 0. The van der Waals surface area contributed by atoms with Crippen LogP contribution in [-0.2, 0) is 0 Å². The normalized spacial score (nSPS) is 10.7. The van der Waals surface area contributed by atoms with E-state index in [2.05, 4.69) is 25.1 Å². The fourth-order valence-corrected chi connectivity index (χ4v) is 1.93. The number of H-pyrrole nitrogens is 1. The summed E-state index contributed by atoms with van der Waals surface area (Å²) >= 11 is 5.91. The molecule has 0 radical (unpaired) electrons. The number of aromatic amines is 1. The lowest BCUT2D eigenvalue weighted by Gasteiger charge is -2.07. The van der Waals surface area contributed by atoms with Gasteiger partial charge in [0.15, 0.2) is 5.82 Å². The Balaban J connectivity index is 2.20. The Morgan fingerprint density at radius 3 is 2.75 bits per heavy atom. The number of anilines is 1. The number of benzene rings is 1. The van der Waals surface area contributed by atoms with Crippen LogP contribution in [0.5, 0.6) is 5.75 Å². The van der Waals surface area contributed by atoms with Crippen molar-refractivity contribution in [3.8, 4) is 28.5 Å². The second-order valence-corrected chi connectivity index (χ2v) is 4.40. The van der Waals surface area contributed by atoms with Crippen LogP contribution < -0.4 is 5.73 Å². The molecular weight excluding hydrogens is 280 g/mol. The number of aromatic nitrogens is 5. The molecule has 0 atom stereocenters. The maximum absolute atomic E-state index is 9.47. The standard InChI is InChI=1S/C12H9ClN6O/c13-7-3-6(1-2-8(7)20)10-11(12-16-5-17-19-12)18-9(14)4-15-10/h1-5,20H,(H2,14,18)(H,16,17,19). The van der Waals surface area contributed by atoms with Gasteiger partial charge in [-0.15, -0.1) is 0 Å². The number of rotatable bonds is 2. The molecule has 0 spiro atoms. The van der Waals surface area contributed by atoms with Crippen LogP contribution in [0.1, 0.15) is 0 Å². The molecule has 3 aromatic rings. The van der Waals surface area contributed by atoms with Crippen LogP contribution in [0.3, 0.4) is 0 Å². The predicted octanol–water partition coefficient (Wildman–Crippen LogP) is 1.87. The van der Waals surface area contributed by atoms with Gasteiger partial charge in [-0.3, -0.25) is 5.10 Å². The van der Waals surface area contributed by atoms with Gasteiger partial charge in [0.05, 0.1) is 16.9 Å². The summed E-state index contributed by atoms with van der Waals surface area (Å²) in [4.78, 5) is 12.5. The zero-order valence-electron chi connectivity index (χ0n) is 10.1. The molecule has 0 unspecified atom stereocenters. The van der Waals surface area contributed by atoms with Gasteiger partial charge in [0, 0.05) is 5.56 Å². The van der Waals surface area contributed by atoms with Crippen LogP contribution in [0.2, 0.25) is 5.02 Å². The summed E-state index contributed by atoms with van der Waals surface area (Å²) in [6, 6.07) is 4.76. The number of phenolic OH excluding ortho intramolecular Hbond substituents is 1. The molecule has 7 nitrogen and oxygen atoms in total. The molecular formula is C12H9ClN6O. The van der Waals surface area contributed by atoms with Gasteiger partial charge in [-0.25, -0.2) is 15.0 Å². The van der Waals surface area contributed by atoms with Crippen molar-refractivity contribution in [1.29, 1.82) is 0 Å². The van der Waals surface area contributed by atoms with Crippen LogP contribution >= 0.6 is 11.6 Å². The number of hydrogen-bond donors (Lipinski definition) is 3. The van der Waals surface area contributed by atoms with E-state index in [-0.39, 0.29) is 16.6 Å². The molecule has 0 aliphatic carbocycles. The number of nitrogens with one attached hydrogen (secondary N) is 1. The molecule has 1 aromatic carbocycles. The SMILES string of the molecule is Nc1cnc(-c2ccc(O)c(Cl)c2)c(-c2ncn[nH]2)n1. The van der Waals surface area contributed by atoms with Crippen molar-refractivity contribution in [1.82, 2.24) is 25.1 Å². The Labute approximate surface area is 118 Å². The third-order valence-corrected chi connectivity index (χ3v) is 2.95. The van der Waals surface area contributed by atoms with Crippen molar-refractivity contribution < 1.29 is 5.11 Å². The van der Waals surface area contributed by atoms with Crippen LogP contribution in [0.15, 0.2) is 30.7 Å². The van der Waals surface area contributed by atoms with E-state index in [4.69, 9.17) is 17.3 Å². The molecule has 0 bridgehead atoms. The van der Waals surface area contributed by atoms with Gasteiger partial charge in [-0.05, 0) is 18.2 Å². The highest BCUT2D eigenvalue weighted by atomic mass is 35.5. The van der Waals surface area contributed by atoms with E-state index in [0.717, 1.165) is 0 Å². The van der Waals surface area contributed by atoms with E-state index < -0.39 is 0 Å². The largest absolute Gasteiger partial charge is 0.506 e. The lowest BCUT2D eigenvalue weighted by Crippen LogP contribution is -1.99. The molecule has 0 aliphatic rings. The minimum absolute atomic E-state index is 0.0000335. The molecule has 0 aliphatic heterocycles. The van der Waals surface area contributed by atoms with Gasteiger partial charge >= 0.3 is 0 Å². The Morgan fingerprint density at radius 1 is 1.20 bits per heavy atom. The predicted molar refractivity (Wildman–Crippen MR) is 73.9 cm³/mol. The van der Waals surface area contributed by atoms with Crippen LogP contribution in [0.4, 0.5) is 5.82 Å². The number of nitrogens with zero attached hydrogens (tertiary/aromatic N) is 4. The number of phenols is 1. The van der Waals surface area contributed by atoms with E-state index in [1.165, 1.54) is 18.6 Å². The van der Waals surface area contributed by atoms with Crippen LogP contribution in [-0.4, -0.2) is 30.3 Å². The van der Waals surface area contributed by atoms with Crippen molar-refractivity contribution >= 4 is 17.4 Å². The van der Waals surface area contributed by atoms with E-state index in [9.17, 15) is 5.11 Å². The lowest BCUT2D eigenvalue weighted by molar-refractivity contribution is 0.475. The Bertz CT molecular complexity index is 759. The molecule has 0 saturated heterocycles. The van der Waals surface area contributed by atoms with Gasteiger partial charge < -0.3 is 10.8 Å². The molecule has 8 heteroatoms. The highest BCUT2D eigenvalue weighted by molar-refractivity contribution is 6.32. The Hall–Kier alpha value is -2.67. The number of aromatic hydroxyl groups is 1. The van der Waals surface area contributed by atoms with Crippen molar-refractivity contribution in [2.75, 3.05) is 5.73 Å². The summed E-state index contributed by atoms with van der Waals surface area (Å²) in [5, 5.41) is 16.2. The number of halogens is 1. The topological polar surface area (TPSA) is 114 Å². The van der Waals surface area contributed by atoms with Crippen molar-refractivity contribution in [3.63, 3.8) is 0 Å². The number of hydrogen-bond acceptors (Lipinski definition) is 6. The summed E-state index contributed by atoms with van der Waals surface area (Å²) in [6.45, 7) is 0. The van der Waals surface area contributed by atoms with Gasteiger partial charge in [-0.2, -0.15) is 5.10 Å². The maximum Gasteiger partial charge on any atom is 0.176 e. The van der Waals surface area contributed by atoms with E-state index >= 15 is 0 Å². The third kappa shape index (κ3) is 2.14. The first kappa shape index (κ1) is 12.4. The average molecular weight is 289 g/mol. The first-order chi connectivity index (χ1) is 9.65. The molecule has 2 heterocycles. The number of nitrogen functional groups attached to an aromatic ring is 1. The molecule has 100 valence electrons. The summed E-state index contributed by atoms with van der Waals surface area (Å²) in [7, 11) is 0. The van der Waals surface area contributed by atoms with E-state index in [1.54, 1.807) is 12.1 Å². The molecule has 2 aromatic heterocycles. The second kappa shape index (κ2) is 4.78. The first-order valence-corrected chi connectivity index (χ1v) is 6.00. The van der Waals surface area contributed by atoms with E-state index in [1.807, 2.05) is 0 Å².